The number of esters is 1. The van der Waals surface area contributed by atoms with Crippen molar-refractivity contribution in [1.82, 2.24) is 5.32 Å². The molecule has 0 atom stereocenters. The van der Waals surface area contributed by atoms with E-state index in [1.165, 1.54) is 18.4 Å². The van der Waals surface area contributed by atoms with Gasteiger partial charge in [0.1, 0.15) is 4.88 Å². The Labute approximate surface area is 155 Å². The number of urea groups is 1. The van der Waals surface area contributed by atoms with Crippen LogP contribution >= 0.6 is 11.3 Å². The zero-order valence-electron chi connectivity index (χ0n) is 14.1. The molecule has 0 bridgehead atoms. The summed E-state index contributed by atoms with van der Waals surface area (Å²) in [5.74, 6) is -0.474. The quantitative estimate of drug-likeness (QED) is 0.656. The largest absolute Gasteiger partial charge is 0.465 e. The van der Waals surface area contributed by atoms with Gasteiger partial charge >= 0.3 is 12.0 Å². The van der Waals surface area contributed by atoms with Gasteiger partial charge in [-0.3, -0.25) is 0 Å². The van der Waals surface area contributed by atoms with Crippen LogP contribution in [-0.4, -0.2) is 19.1 Å². The molecule has 0 radical (unpaired) electrons. The summed E-state index contributed by atoms with van der Waals surface area (Å²) in [6, 6.07) is 20.4. The summed E-state index contributed by atoms with van der Waals surface area (Å²) in [6.07, 6.45) is 0. The molecule has 0 aliphatic carbocycles. The zero-order chi connectivity index (χ0) is 18.4. The summed E-state index contributed by atoms with van der Waals surface area (Å²) in [7, 11) is 1.31. The Bertz CT molecular complexity index is 839. The normalized spacial score (nSPS) is 10.4. The van der Waals surface area contributed by atoms with Gasteiger partial charge in [-0.2, -0.15) is 0 Å². The van der Waals surface area contributed by atoms with Crippen molar-refractivity contribution in [3.05, 3.63) is 88.1 Å². The maximum absolute atomic E-state index is 12.6. The standard InChI is InChI=1S/C20H18N2O3S/c1-25-19(23)18-16(12-13-26-18)21-20(24)22-17(14-8-4-2-5-9-14)15-10-6-3-7-11-15/h2-13,17H,1H3,(H2,21,22,24). The van der Waals surface area contributed by atoms with Crippen molar-refractivity contribution in [3.8, 4) is 0 Å². The number of ether oxygens (including phenoxy) is 1. The number of benzene rings is 2. The van der Waals surface area contributed by atoms with E-state index in [0.29, 0.717) is 10.6 Å². The highest BCUT2D eigenvalue weighted by molar-refractivity contribution is 7.12. The summed E-state index contributed by atoms with van der Waals surface area (Å²) in [4.78, 5) is 24.7. The van der Waals surface area contributed by atoms with E-state index in [9.17, 15) is 9.59 Å². The molecule has 2 aromatic carbocycles. The van der Waals surface area contributed by atoms with Gasteiger partial charge in [0.2, 0.25) is 0 Å². The fourth-order valence-electron chi connectivity index (χ4n) is 2.60. The highest BCUT2D eigenvalue weighted by Gasteiger charge is 2.19. The first kappa shape index (κ1) is 17.7. The lowest BCUT2D eigenvalue weighted by atomic mass is 9.99. The molecule has 1 aromatic heterocycles. The van der Waals surface area contributed by atoms with Gasteiger partial charge in [0.25, 0.3) is 0 Å². The minimum atomic E-state index is -0.474. The third kappa shape index (κ3) is 4.10. The summed E-state index contributed by atoms with van der Waals surface area (Å²) in [6.45, 7) is 0. The van der Waals surface area contributed by atoms with Crippen molar-refractivity contribution < 1.29 is 14.3 Å². The van der Waals surface area contributed by atoms with E-state index < -0.39 is 12.0 Å². The van der Waals surface area contributed by atoms with Crippen molar-refractivity contribution in [2.24, 2.45) is 0 Å². The van der Waals surface area contributed by atoms with E-state index in [0.717, 1.165) is 11.1 Å². The van der Waals surface area contributed by atoms with Gasteiger partial charge < -0.3 is 15.4 Å². The van der Waals surface area contributed by atoms with Gasteiger partial charge in [0.05, 0.1) is 18.8 Å². The molecule has 3 rings (SSSR count). The second-order valence-corrected chi connectivity index (χ2v) is 6.42. The molecule has 6 heteroatoms. The number of hydrogen-bond acceptors (Lipinski definition) is 4. The number of anilines is 1. The Morgan fingerprint density at radius 2 is 1.50 bits per heavy atom. The molecule has 0 aliphatic heterocycles. The molecule has 0 saturated carbocycles. The van der Waals surface area contributed by atoms with E-state index in [2.05, 4.69) is 10.6 Å². The minimum absolute atomic E-state index is 0.308. The second-order valence-electron chi connectivity index (χ2n) is 5.51. The van der Waals surface area contributed by atoms with Gasteiger partial charge in [0, 0.05) is 0 Å². The van der Waals surface area contributed by atoms with Crippen LogP contribution < -0.4 is 10.6 Å². The van der Waals surface area contributed by atoms with Crippen LogP contribution in [0.15, 0.2) is 72.1 Å². The maximum atomic E-state index is 12.6. The highest BCUT2D eigenvalue weighted by atomic mass is 32.1. The van der Waals surface area contributed by atoms with E-state index in [1.807, 2.05) is 60.7 Å². The maximum Gasteiger partial charge on any atom is 0.350 e. The van der Waals surface area contributed by atoms with Crippen LogP contribution in [0.25, 0.3) is 0 Å². The highest BCUT2D eigenvalue weighted by Crippen LogP contribution is 2.25. The SMILES string of the molecule is COC(=O)c1sccc1NC(=O)NC(c1ccccc1)c1ccccc1. The Kier molecular flexibility index (Phi) is 5.66. The smallest absolute Gasteiger partial charge is 0.350 e. The summed E-state index contributed by atoms with van der Waals surface area (Å²) in [5.41, 5.74) is 2.36. The number of rotatable bonds is 5. The van der Waals surface area contributed by atoms with Crippen molar-refractivity contribution in [2.75, 3.05) is 12.4 Å². The molecule has 0 saturated heterocycles. The molecule has 3 aromatic rings. The first-order valence-corrected chi connectivity index (χ1v) is 8.90. The molecule has 0 fully saturated rings. The number of nitrogens with one attached hydrogen (secondary N) is 2. The van der Waals surface area contributed by atoms with Gasteiger partial charge in [-0.25, -0.2) is 9.59 Å². The predicted molar refractivity (Wildman–Crippen MR) is 103 cm³/mol. The summed E-state index contributed by atoms with van der Waals surface area (Å²) >= 11 is 1.22. The van der Waals surface area contributed by atoms with E-state index >= 15 is 0 Å². The average Bonchev–Trinajstić information content (AvgIpc) is 3.15. The lowest BCUT2D eigenvalue weighted by Gasteiger charge is -2.20. The van der Waals surface area contributed by atoms with Crippen molar-refractivity contribution in [1.29, 1.82) is 0 Å². The number of amides is 2. The molecule has 1 heterocycles. The molecule has 2 N–H and O–H groups in total. The molecular formula is C20H18N2O3S. The third-order valence-electron chi connectivity index (χ3n) is 3.83. The molecule has 2 amide bonds. The Morgan fingerprint density at radius 1 is 0.923 bits per heavy atom. The predicted octanol–water partition coefficient (Wildman–Crippen LogP) is 4.45. The van der Waals surface area contributed by atoms with E-state index in [4.69, 9.17) is 4.74 Å². The number of carbonyl (C=O) groups excluding carboxylic acids is 2. The fraction of sp³-hybridized carbons (Fsp3) is 0.100. The van der Waals surface area contributed by atoms with Crippen LogP contribution in [0.5, 0.6) is 0 Å². The molecule has 0 unspecified atom stereocenters. The first-order valence-electron chi connectivity index (χ1n) is 8.02. The molecule has 132 valence electrons. The van der Waals surface area contributed by atoms with Crippen LogP contribution in [0, 0.1) is 0 Å². The Balaban J connectivity index is 1.81. The molecule has 0 aliphatic rings. The first-order chi connectivity index (χ1) is 12.7. The van der Waals surface area contributed by atoms with Gasteiger partial charge in [-0.15, -0.1) is 11.3 Å². The van der Waals surface area contributed by atoms with Crippen LogP contribution in [0.4, 0.5) is 10.5 Å². The van der Waals surface area contributed by atoms with Gasteiger partial charge in [-0.1, -0.05) is 60.7 Å². The Hall–Kier alpha value is -3.12. The number of thiophene rings is 1. The fourth-order valence-corrected chi connectivity index (χ4v) is 3.36. The topological polar surface area (TPSA) is 67.4 Å². The lowest BCUT2D eigenvalue weighted by Crippen LogP contribution is -2.33. The second kappa shape index (κ2) is 8.31. The molecular weight excluding hydrogens is 348 g/mol. The van der Waals surface area contributed by atoms with Crippen LogP contribution in [0.2, 0.25) is 0 Å². The van der Waals surface area contributed by atoms with Gasteiger partial charge in [-0.05, 0) is 22.6 Å². The zero-order valence-corrected chi connectivity index (χ0v) is 15.0. The average molecular weight is 366 g/mol. The van der Waals surface area contributed by atoms with Crippen molar-refractivity contribution in [2.45, 2.75) is 6.04 Å². The van der Waals surface area contributed by atoms with Crippen LogP contribution in [0.1, 0.15) is 26.8 Å². The number of hydrogen-bond donors (Lipinski definition) is 2. The molecule has 0 spiro atoms. The minimum Gasteiger partial charge on any atom is -0.465 e. The third-order valence-corrected chi connectivity index (χ3v) is 4.72. The lowest BCUT2D eigenvalue weighted by molar-refractivity contribution is 0.0607. The number of carbonyl (C=O) groups is 2. The molecule has 5 nitrogen and oxygen atoms in total. The summed E-state index contributed by atoms with van der Waals surface area (Å²) in [5, 5.41) is 7.44. The van der Waals surface area contributed by atoms with E-state index in [-0.39, 0.29) is 6.04 Å². The summed E-state index contributed by atoms with van der Waals surface area (Å²) < 4.78 is 4.74. The van der Waals surface area contributed by atoms with Gasteiger partial charge in [0.15, 0.2) is 0 Å². The number of methoxy groups -OCH3 is 1. The monoisotopic (exact) mass is 366 g/mol. The van der Waals surface area contributed by atoms with E-state index in [1.54, 1.807) is 11.4 Å². The van der Waals surface area contributed by atoms with Crippen LogP contribution in [-0.2, 0) is 4.74 Å². The molecule has 26 heavy (non-hydrogen) atoms. The Morgan fingerprint density at radius 3 is 2.04 bits per heavy atom. The van der Waals surface area contributed by atoms with Crippen LogP contribution in [0.3, 0.4) is 0 Å². The van der Waals surface area contributed by atoms with Crippen molar-refractivity contribution in [3.63, 3.8) is 0 Å². The van der Waals surface area contributed by atoms with Crippen molar-refractivity contribution >= 4 is 29.0 Å².